The van der Waals surface area contributed by atoms with Gasteiger partial charge < -0.3 is 23.5 Å². The molecule has 3 aromatic carbocycles. The number of carbonyl (C=O) groups is 3. The first-order valence-electron chi connectivity index (χ1n) is 13.8. The van der Waals surface area contributed by atoms with Crippen LogP contribution < -0.4 is 15.1 Å². The second-order valence-corrected chi connectivity index (χ2v) is 11.0. The molecule has 220 valence electrons. The molecule has 5 rings (SSSR count). The first-order chi connectivity index (χ1) is 19.9. The van der Waals surface area contributed by atoms with E-state index in [9.17, 15) is 19.2 Å². The summed E-state index contributed by atoms with van der Waals surface area (Å²) < 4.78 is 25.0. The van der Waals surface area contributed by atoms with Crippen LogP contribution in [0.5, 0.6) is 5.75 Å². The van der Waals surface area contributed by atoms with Gasteiger partial charge in [-0.1, -0.05) is 31.2 Å². The summed E-state index contributed by atoms with van der Waals surface area (Å²) in [5.74, 6) is -0.891. The van der Waals surface area contributed by atoms with E-state index >= 15 is 0 Å². The summed E-state index contributed by atoms with van der Waals surface area (Å²) in [5.41, 5.74) is 0.223. The third kappa shape index (κ3) is 4.70. The molecule has 0 saturated heterocycles. The van der Waals surface area contributed by atoms with Crippen molar-refractivity contribution in [3.05, 3.63) is 58.3 Å². The van der Waals surface area contributed by atoms with E-state index in [0.29, 0.717) is 34.1 Å². The fourth-order valence-corrected chi connectivity index (χ4v) is 5.92. The van der Waals surface area contributed by atoms with E-state index in [1.54, 1.807) is 27.0 Å². The SMILES string of the molecule is CCCN(C(=O)OC)c1cc2c(c3c1c(=O)c1cc4ccccc4cc1n3C)C(OC(C)=O)C(OC(C)=O)C(C)(C)O2. The monoisotopic (exact) mass is 574 g/mol. The molecule has 2 heterocycles. The van der Waals surface area contributed by atoms with Crippen molar-refractivity contribution in [3.8, 4) is 5.75 Å². The van der Waals surface area contributed by atoms with Gasteiger partial charge in [0.2, 0.25) is 0 Å². The Morgan fingerprint density at radius 3 is 2.26 bits per heavy atom. The molecule has 0 aliphatic carbocycles. The number of hydrogen-bond donors (Lipinski definition) is 0. The maximum atomic E-state index is 14.5. The number of carbonyl (C=O) groups excluding carboxylic acids is 3. The molecule has 1 aliphatic heterocycles. The molecule has 4 aromatic rings. The Balaban J connectivity index is 2.01. The molecular weight excluding hydrogens is 540 g/mol. The highest BCUT2D eigenvalue weighted by Gasteiger charge is 2.50. The van der Waals surface area contributed by atoms with Crippen LogP contribution in [0.15, 0.2) is 47.3 Å². The number of ether oxygens (including phenoxy) is 4. The molecule has 10 heteroatoms. The van der Waals surface area contributed by atoms with Crippen LogP contribution in [-0.2, 0) is 30.8 Å². The molecule has 2 unspecified atom stereocenters. The predicted octanol–water partition coefficient (Wildman–Crippen LogP) is 5.53. The smallest absolute Gasteiger partial charge is 0.414 e. The largest absolute Gasteiger partial charge is 0.483 e. The van der Waals surface area contributed by atoms with E-state index < -0.39 is 35.8 Å². The van der Waals surface area contributed by atoms with E-state index in [2.05, 4.69) is 0 Å². The molecule has 1 aliphatic rings. The maximum absolute atomic E-state index is 14.5. The number of methoxy groups -OCH3 is 1. The van der Waals surface area contributed by atoms with Gasteiger partial charge in [-0.3, -0.25) is 19.3 Å². The number of anilines is 1. The Morgan fingerprint density at radius 1 is 1.02 bits per heavy atom. The third-order valence-electron chi connectivity index (χ3n) is 7.65. The van der Waals surface area contributed by atoms with Gasteiger partial charge in [0.05, 0.1) is 34.8 Å². The predicted molar refractivity (Wildman–Crippen MR) is 159 cm³/mol. The zero-order valence-corrected chi connectivity index (χ0v) is 24.8. The van der Waals surface area contributed by atoms with Crippen molar-refractivity contribution in [2.45, 2.75) is 58.8 Å². The first-order valence-corrected chi connectivity index (χ1v) is 13.8. The number of esters is 2. The second kappa shape index (κ2) is 10.7. The van der Waals surface area contributed by atoms with E-state index in [4.69, 9.17) is 18.9 Å². The summed E-state index contributed by atoms with van der Waals surface area (Å²) in [6.07, 6.45) is -2.19. The van der Waals surface area contributed by atoms with Crippen molar-refractivity contribution in [3.63, 3.8) is 0 Å². The number of nitrogens with zero attached hydrogens (tertiary/aromatic N) is 2. The second-order valence-electron chi connectivity index (χ2n) is 11.0. The lowest BCUT2D eigenvalue weighted by atomic mass is 9.85. The van der Waals surface area contributed by atoms with Crippen molar-refractivity contribution in [2.24, 2.45) is 7.05 Å². The van der Waals surface area contributed by atoms with Crippen molar-refractivity contribution in [2.75, 3.05) is 18.6 Å². The van der Waals surface area contributed by atoms with Crippen molar-refractivity contribution in [1.29, 1.82) is 0 Å². The summed E-state index contributed by atoms with van der Waals surface area (Å²) in [6, 6.07) is 13.1. The Labute approximate surface area is 242 Å². The molecule has 42 heavy (non-hydrogen) atoms. The molecular formula is C32H34N2O8. The Bertz CT molecular complexity index is 1820. The highest BCUT2D eigenvalue weighted by molar-refractivity contribution is 6.09. The molecule has 1 amide bonds. The number of aromatic nitrogens is 1. The van der Waals surface area contributed by atoms with E-state index in [1.165, 1.54) is 25.9 Å². The van der Waals surface area contributed by atoms with E-state index in [1.807, 2.05) is 47.9 Å². The maximum Gasteiger partial charge on any atom is 0.414 e. The van der Waals surface area contributed by atoms with Crippen LogP contribution in [0.1, 0.15) is 52.7 Å². The van der Waals surface area contributed by atoms with Crippen LogP contribution in [0.3, 0.4) is 0 Å². The van der Waals surface area contributed by atoms with Gasteiger partial charge >= 0.3 is 18.0 Å². The lowest BCUT2D eigenvalue weighted by molar-refractivity contribution is -0.187. The lowest BCUT2D eigenvalue weighted by Crippen LogP contribution is -2.52. The molecule has 0 radical (unpaired) electrons. The minimum atomic E-state index is -1.14. The van der Waals surface area contributed by atoms with Crippen LogP contribution in [0.2, 0.25) is 0 Å². The molecule has 0 bridgehead atoms. The highest BCUT2D eigenvalue weighted by Crippen LogP contribution is 2.49. The molecule has 0 spiro atoms. The Kier molecular flexibility index (Phi) is 7.34. The molecule has 0 saturated carbocycles. The molecule has 2 atom stereocenters. The zero-order chi connectivity index (χ0) is 30.5. The summed E-state index contributed by atoms with van der Waals surface area (Å²) in [5, 5.41) is 2.49. The average molecular weight is 575 g/mol. The van der Waals surface area contributed by atoms with Crippen LogP contribution in [0.25, 0.3) is 32.6 Å². The van der Waals surface area contributed by atoms with Gasteiger partial charge in [0.1, 0.15) is 11.4 Å². The summed E-state index contributed by atoms with van der Waals surface area (Å²) in [7, 11) is 3.09. The summed E-state index contributed by atoms with van der Waals surface area (Å²) in [6.45, 7) is 8.16. The Morgan fingerprint density at radius 2 is 1.67 bits per heavy atom. The normalized spacial score (nSPS) is 17.4. The topological polar surface area (TPSA) is 113 Å². The van der Waals surface area contributed by atoms with Crippen LogP contribution in [0, 0.1) is 0 Å². The van der Waals surface area contributed by atoms with Gasteiger partial charge in [-0.15, -0.1) is 0 Å². The van der Waals surface area contributed by atoms with E-state index in [-0.39, 0.29) is 23.1 Å². The molecule has 1 aromatic heterocycles. The van der Waals surface area contributed by atoms with Crippen molar-refractivity contribution in [1.82, 2.24) is 4.57 Å². The average Bonchev–Trinajstić information content (AvgIpc) is 2.93. The third-order valence-corrected chi connectivity index (χ3v) is 7.65. The molecule has 10 nitrogen and oxygen atoms in total. The molecule has 0 fully saturated rings. The number of rotatable bonds is 5. The minimum Gasteiger partial charge on any atom is -0.483 e. The zero-order valence-electron chi connectivity index (χ0n) is 24.8. The standard InChI is InChI=1S/C32H34N2O8/c1-8-13-34(31(38)39-7)23-16-24-26(29(40-17(2)35)30(41-18(3)36)32(4,5)42-24)27-25(23)28(37)21-14-19-11-9-10-12-20(19)15-22(21)33(27)6/h9-12,14-16,29-30H,8,13H2,1-7H3. The minimum absolute atomic E-state index is 0.222. The number of aryl methyl sites for hydroxylation is 1. The van der Waals surface area contributed by atoms with Crippen LogP contribution in [0.4, 0.5) is 10.5 Å². The highest BCUT2D eigenvalue weighted by atomic mass is 16.6. The van der Waals surface area contributed by atoms with Gasteiger partial charge in [0.25, 0.3) is 0 Å². The number of hydrogen-bond acceptors (Lipinski definition) is 8. The van der Waals surface area contributed by atoms with Crippen LogP contribution in [-0.4, -0.2) is 48.0 Å². The lowest BCUT2D eigenvalue weighted by Gasteiger charge is -2.44. The number of fused-ring (bicyclic) bond motifs is 5. The van der Waals surface area contributed by atoms with Crippen molar-refractivity contribution < 1.29 is 33.3 Å². The summed E-state index contributed by atoms with van der Waals surface area (Å²) >= 11 is 0. The fourth-order valence-electron chi connectivity index (χ4n) is 5.92. The molecule has 0 N–H and O–H groups in total. The summed E-state index contributed by atoms with van der Waals surface area (Å²) in [4.78, 5) is 53.7. The van der Waals surface area contributed by atoms with Gasteiger partial charge in [-0.05, 0) is 43.2 Å². The van der Waals surface area contributed by atoms with Gasteiger partial charge in [0.15, 0.2) is 17.6 Å². The first kappa shape index (κ1) is 28.9. The fraction of sp³-hybridized carbons (Fsp3) is 0.375. The number of benzene rings is 3. The number of amides is 1. The van der Waals surface area contributed by atoms with Crippen LogP contribution >= 0.6 is 0 Å². The quantitative estimate of drug-likeness (QED) is 0.174. The van der Waals surface area contributed by atoms with Crippen molar-refractivity contribution >= 4 is 56.3 Å². The van der Waals surface area contributed by atoms with Gasteiger partial charge in [0, 0.05) is 38.9 Å². The van der Waals surface area contributed by atoms with Gasteiger partial charge in [-0.25, -0.2) is 4.79 Å². The van der Waals surface area contributed by atoms with E-state index in [0.717, 1.165) is 10.8 Å². The van der Waals surface area contributed by atoms with Gasteiger partial charge in [-0.2, -0.15) is 0 Å². The number of pyridine rings is 1. The Hall–Kier alpha value is -4.60.